The molecule has 124 valence electrons. The maximum atomic E-state index is 12.5. The maximum absolute atomic E-state index is 12.5. The fourth-order valence-corrected chi connectivity index (χ4v) is 2.64. The number of hydrogen-bond acceptors (Lipinski definition) is 5. The second kappa shape index (κ2) is 8.35. The SMILES string of the molecule is CCN(CC(=O)NOC(C)=O)C(=O)[C@@H]1CCCC[C@H]1C(=O)O. The van der Waals surface area contributed by atoms with Gasteiger partial charge in [0.2, 0.25) is 5.91 Å². The van der Waals surface area contributed by atoms with Crippen molar-refractivity contribution in [2.24, 2.45) is 11.8 Å². The van der Waals surface area contributed by atoms with Crippen molar-refractivity contribution < 1.29 is 29.1 Å². The van der Waals surface area contributed by atoms with E-state index in [-0.39, 0.29) is 19.0 Å². The zero-order valence-electron chi connectivity index (χ0n) is 12.8. The lowest BCUT2D eigenvalue weighted by Crippen LogP contribution is -2.46. The van der Waals surface area contributed by atoms with E-state index < -0.39 is 29.7 Å². The van der Waals surface area contributed by atoms with Crippen LogP contribution in [-0.4, -0.2) is 46.8 Å². The summed E-state index contributed by atoms with van der Waals surface area (Å²) in [5, 5.41) is 9.23. The lowest BCUT2D eigenvalue weighted by molar-refractivity contribution is -0.158. The van der Waals surface area contributed by atoms with Gasteiger partial charge in [0.05, 0.1) is 11.8 Å². The van der Waals surface area contributed by atoms with E-state index in [0.717, 1.165) is 19.8 Å². The molecular formula is C14H22N2O6. The number of carboxylic acids is 1. The number of carboxylic acid groups (broad SMARTS) is 1. The third-order valence-electron chi connectivity index (χ3n) is 3.74. The van der Waals surface area contributed by atoms with Gasteiger partial charge in [0.15, 0.2) is 0 Å². The van der Waals surface area contributed by atoms with Gasteiger partial charge in [0.1, 0.15) is 6.54 Å². The van der Waals surface area contributed by atoms with Crippen LogP contribution in [0.25, 0.3) is 0 Å². The summed E-state index contributed by atoms with van der Waals surface area (Å²) in [5.41, 5.74) is 1.94. The van der Waals surface area contributed by atoms with E-state index in [2.05, 4.69) is 4.84 Å². The molecule has 1 aliphatic carbocycles. The van der Waals surface area contributed by atoms with E-state index in [1.807, 2.05) is 5.48 Å². The van der Waals surface area contributed by atoms with Gasteiger partial charge in [-0.05, 0) is 19.8 Å². The van der Waals surface area contributed by atoms with Gasteiger partial charge in [-0.1, -0.05) is 12.8 Å². The topological polar surface area (TPSA) is 113 Å². The van der Waals surface area contributed by atoms with E-state index >= 15 is 0 Å². The largest absolute Gasteiger partial charge is 0.481 e. The Morgan fingerprint density at radius 3 is 2.27 bits per heavy atom. The summed E-state index contributed by atoms with van der Waals surface area (Å²) in [7, 11) is 0. The Labute approximate surface area is 128 Å². The predicted octanol–water partition coefficient (Wildman–Crippen LogP) is 0.320. The van der Waals surface area contributed by atoms with E-state index in [1.165, 1.54) is 4.90 Å². The number of hydroxylamine groups is 1. The molecule has 2 atom stereocenters. The van der Waals surface area contributed by atoms with Gasteiger partial charge in [0.25, 0.3) is 5.91 Å². The number of nitrogens with one attached hydrogen (secondary N) is 1. The predicted molar refractivity (Wildman–Crippen MR) is 75.2 cm³/mol. The van der Waals surface area contributed by atoms with Crippen molar-refractivity contribution in [3.8, 4) is 0 Å². The third kappa shape index (κ3) is 5.01. The van der Waals surface area contributed by atoms with Crippen LogP contribution >= 0.6 is 0 Å². The smallest absolute Gasteiger partial charge is 0.329 e. The number of carbonyl (C=O) groups excluding carboxylic acids is 3. The van der Waals surface area contributed by atoms with Crippen LogP contribution in [0.1, 0.15) is 39.5 Å². The number of carbonyl (C=O) groups is 4. The van der Waals surface area contributed by atoms with Crippen molar-refractivity contribution in [1.82, 2.24) is 10.4 Å². The molecule has 0 unspecified atom stereocenters. The first-order valence-corrected chi connectivity index (χ1v) is 7.34. The van der Waals surface area contributed by atoms with E-state index in [9.17, 15) is 24.3 Å². The minimum atomic E-state index is -0.974. The number of amides is 2. The molecule has 0 aromatic carbocycles. The molecule has 22 heavy (non-hydrogen) atoms. The molecule has 0 aromatic rings. The van der Waals surface area contributed by atoms with Gasteiger partial charge in [-0.25, -0.2) is 0 Å². The molecule has 8 nitrogen and oxygen atoms in total. The molecule has 8 heteroatoms. The molecule has 0 spiro atoms. The highest BCUT2D eigenvalue weighted by atomic mass is 16.7. The second-order valence-corrected chi connectivity index (χ2v) is 5.31. The van der Waals surface area contributed by atoms with Crippen molar-refractivity contribution >= 4 is 23.8 Å². The number of rotatable bonds is 5. The van der Waals surface area contributed by atoms with E-state index in [0.29, 0.717) is 12.8 Å². The van der Waals surface area contributed by atoms with Crippen LogP contribution in [0.5, 0.6) is 0 Å². The van der Waals surface area contributed by atoms with Crippen LogP contribution in [-0.2, 0) is 24.0 Å². The summed E-state index contributed by atoms with van der Waals surface area (Å²) in [4.78, 5) is 51.7. The molecule has 0 aromatic heterocycles. The molecule has 0 saturated heterocycles. The maximum Gasteiger partial charge on any atom is 0.329 e. The molecule has 2 amide bonds. The summed E-state index contributed by atoms with van der Waals surface area (Å²) in [6.45, 7) is 2.85. The average Bonchev–Trinajstić information content (AvgIpc) is 2.49. The van der Waals surface area contributed by atoms with E-state index in [1.54, 1.807) is 6.92 Å². The lowest BCUT2D eigenvalue weighted by Gasteiger charge is -2.32. The summed E-state index contributed by atoms with van der Waals surface area (Å²) < 4.78 is 0. The van der Waals surface area contributed by atoms with Gasteiger partial charge in [-0.3, -0.25) is 19.2 Å². The highest BCUT2D eigenvalue weighted by Crippen LogP contribution is 2.31. The normalized spacial score (nSPS) is 20.8. The Morgan fingerprint density at radius 2 is 1.77 bits per heavy atom. The molecule has 0 heterocycles. The molecular weight excluding hydrogens is 292 g/mol. The Balaban J connectivity index is 2.67. The van der Waals surface area contributed by atoms with Crippen molar-refractivity contribution in [2.45, 2.75) is 39.5 Å². The number of aliphatic carboxylic acids is 1. The zero-order valence-corrected chi connectivity index (χ0v) is 12.8. The Hall–Kier alpha value is -2.12. The number of nitrogens with zero attached hydrogens (tertiary/aromatic N) is 1. The van der Waals surface area contributed by atoms with Gasteiger partial charge in [-0.15, -0.1) is 0 Å². The molecule has 0 radical (unpaired) electrons. The van der Waals surface area contributed by atoms with Gasteiger partial charge >= 0.3 is 11.9 Å². The average molecular weight is 314 g/mol. The first-order valence-electron chi connectivity index (χ1n) is 7.34. The van der Waals surface area contributed by atoms with Crippen LogP contribution < -0.4 is 5.48 Å². The molecule has 1 rings (SSSR count). The van der Waals surface area contributed by atoms with Crippen LogP contribution in [0.15, 0.2) is 0 Å². The molecule has 1 aliphatic rings. The summed E-state index contributed by atoms with van der Waals surface area (Å²) in [5.74, 6) is -3.92. The van der Waals surface area contributed by atoms with Crippen molar-refractivity contribution in [3.05, 3.63) is 0 Å². The summed E-state index contributed by atoms with van der Waals surface area (Å²) in [6.07, 6.45) is 2.58. The second-order valence-electron chi connectivity index (χ2n) is 5.31. The van der Waals surface area contributed by atoms with Crippen molar-refractivity contribution in [1.29, 1.82) is 0 Å². The van der Waals surface area contributed by atoms with Crippen LogP contribution in [0.2, 0.25) is 0 Å². The van der Waals surface area contributed by atoms with Crippen molar-refractivity contribution in [2.75, 3.05) is 13.1 Å². The molecule has 0 bridgehead atoms. The Kier molecular flexibility index (Phi) is 6.81. The standard InChI is InChI=1S/C14H22N2O6/c1-3-16(8-12(18)15-22-9(2)17)13(19)10-6-4-5-7-11(10)14(20)21/h10-11H,3-8H2,1-2H3,(H,15,18)(H,20,21)/t10-,11-/m1/s1. The number of hydrogen-bond donors (Lipinski definition) is 2. The van der Waals surface area contributed by atoms with Crippen molar-refractivity contribution in [3.63, 3.8) is 0 Å². The first kappa shape index (κ1) is 17.9. The van der Waals surface area contributed by atoms with Gasteiger partial charge < -0.3 is 14.8 Å². The Bertz CT molecular complexity index is 451. The number of likely N-dealkylation sites (N-methyl/N-ethyl adjacent to an activating group) is 1. The Morgan fingerprint density at radius 1 is 1.18 bits per heavy atom. The van der Waals surface area contributed by atoms with Crippen LogP contribution in [0, 0.1) is 11.8 Å². The highest BCUT2D eigenvalue weighted by molar-refractivity contribution is 5.88. The first-order chi connectivity index (χ1) is 10.4. The lowest BCUT2D eigenvalue weighted by atomic mass is 9.78. The summed E-state index contributed by atoms with van der Waals surface area (Å²) in [6, 6.07) is 0. The van der Waals surface area contributed by atoms with Crippen LogP contribution in [0.4, 0.5) is 0 Å². The van der Waals surface area contributed by atoms with Gasteiger partial charge in [-0.2, -0.15) is 5.48 Å². The molecule has 1 fully saturated rings. The van der Waals surface area contributed by atoms with Crippen LogP contribution in [0.3, 0.4) is 0 Å². The quantitative estimate of drug-likeness (QED) is 0.707. The molecule has 0 aliphatic heterocycles. The van der Waals surface area contributed by atoms with E-state index in [4.69, 9.17) is 0 Å². The monoisotopic (exact) mass is 314 g/mol. The molecule has 1 saturated carbocycles. The molecule has 2 N–H and O–H groups in total. The zero-order chi connectivity index (χ0) is 16.7. The minimum absolute atomic E-state index is 0.272. The third-order valence-corrected chi connectivity index (χ3v) is 3.74. The fourth-order valence-electron chi connectivity index (χ4n) is 2.64. The fraction of sp³-hybridized carbons (Fsp3) is 0.714. The minimum Gasteiger partial charge on any atom is -0.481 e. The van der Waals surface area contributed by atoms with Gasteiger partial charge in [0, 0.05) is 13.5 Å². The highest BCUT2D eigenvalue weighted by Gasteiger charge is 2.37. The summed E-state index contributed by atoms with van der Waals surface area (Å²) >= 11 is 0.